The molecule has 2 heterocycles. The third-order valence-electron chi connectivity index (χ3n) is 2.77. The zero-order chi connectivity index (χ0) is 11.8. The van der Waals surface area contributed by atoms with Gasteiger partial charge in [0.2, 0.25) is 0 Å². The summed E-state index contributed by atoms with van der Waals surface area (Å²) in [7, 11) is 1.73. The first kappa shape index (κ1) is 11.4. The summed E-state index contributed by atoms with van der Waals surface area (Å²) in [5.41, 5.74) is 0. The maximum atomic E-state index is 12.7. The largest absolute Gasteiger partial charge is 0.398 e. The molecule has 0 aromatic carbocycles. The van der Waals surface area contributed by atoms with Crippen molar-refractivity contribution in [3.8, 4) is 0 Å². The van der Waals surface area contributed by atoms with Crippen molar-refractivity contribution >= 4 is 0 Å². The Balaban J connectivity index is 2.33. The molecule has 1 aliphatic rings. The van der Waals surface area contributed by atoms with E-state index in [-0.39, 0.29) is 12.2 Å². The van der Waals surface area contributed by atoms with E-state index in [0.29, 0.717) is 25.3 Å². The van der Waals surface area contributed by atoms with Gasteiger partial charge in [-0.1, -0.05) is 0 Å². The molecule has 0 saturated heterocycles. The molecule has 1 atom stereocenters. The average molecular weight is 234 g/mol. The minimum Gasteiger partial charge on any atom is -0.313 e. The Morgan fingerprint density at radius 3 is 2.81 bits per heavy atom. The van der Waals surface area contributed by atoms with Crippen LogP contribution in [0.5, 0.6) is 0 Å². The van der Waals surface area contributed by atoms with Gasteiger partial charge < -0.3 is 9.88 Å². The first-order valence-electron chi connectivity index (χ1n) is 5.17. The fourth-order valence-corrected chi connectivity index (χ4v) is 2.03. The molecule has 90 valence electrons. The van der Waals surface area contributed by atoms with Crippen LogP contribution in [0, 0.1) is 0 Å². The molecule has 1 N–H and O–H groups in total. The molecule has 0 radical (unpaired) electrons. The normalized spacial score (nSPS) is 20.9. The predicted octanol–water partition coefficient (Wildman–Crippen LogP) is 1.44. The third kappa shape index (κ3) is 1.91. The van der Waals surface area contributed by atoms with Crippen LogP contribution >= 0.6 is 0 Å². The van der Waals surface area contributed by atoms with Crippen LogP contribution in [0.25, 0.3) is 0 Å². The molecular formula is C9H13F3N4. The zero-order valence-corrected chi connectivity index (χ0v) is 8.88. The summed E-state index contributed by atoms with van der Waals surface area (Å²) in [5.74, 6) is -0.824. The molecule has 0 bridgehead atoms. The molecule has 1 aliphatic heterocycles. The van der Waals surface area contributed by atoms with Crippen molar-refractivity contribution < 1.29 is 13.2 Å². The quantitative estimate of drug-likeness (QED) is 0.842. The highest BCUT2D eigenvalue weighted by Gasteiger charge is 2.45. The van der Waals surface area contributed by atoms with Crippen molar-refractivity contribution in [2.24, 2.45) is 0 Å². The number of nitrogens with one attached hydrogen (secondary N) is 1. The van der Waals surface area contributed by atoms with Gasteiger partial charge in [0.25, 0.3) is 0 Å². The van der Waals surface area contributed by atoms with Crippen LogP contribution in [-0.4, -0.2) is 28.0 Å². The lowest BCUT2D eigenvalue weighted by atomic mass is 9.98. The van der Waals surface area contributed by atoms with E-state index in [1.807, 2.05) is 0 Å². The van der Waals surface area contributed by atoms with Crippen LogP contribution in [0.15, 0.2) is 0 Å². The third-order valence-corrected chi connectivity index (χ3v) is 2.77. The molecule has 0 aliphatic carbocycles. The topological polar surface area (TPSA) is 42.7 Å². The van der Waals surface area contributed by atoms with E-state index in [4.69, 9.17) is 0 Å². The summed E-state index contributed by atoms with van der Waals surface area (Å²) in [6.45, 7) is 1.02. The fourth-order valence-electron chi connectivity index (χ4n) is 2.03. The van der Waals surface area contributed by atoms with E-state index in [1.165, 1.54) is 0 Å². The van der Waals surface area contributed by atoms with Crippen molar-refractivity contribution in [2.75, 3.05) is 7.05 Å². The van der Waals surface area contributed by atoms with Crippen molar-refractivity contribution in [3.63, 3.8) is 0 Å². The van der Waals surface area contributed by atoms with Gasteiger partial charge in [0.15, 0.2) is 0 Å². The molecule has 0 fully saturated rings. The van der Waals surface area contributed by atoms with Gasteiger partial charge >= 0.3 is 6.18 Å². The summed E-state index contributed by atoms with van der Waals surface area (Å²) in [6.07, 6.45) is -3.59. The molecule has 4 nitrogen and oxygen atoms in total. The maximum Gasteiger partial charge on any atom is 0.398 e. The Morgan fingerprint density at radius 2 is 2.19 bits per heavy atom. The van der Waals surface area contributed by atoms with Gasteiger partial charge in [0, 0.05) is 6.54 Å². The molecule has 1 aromatic rings. The molecular weight excluding hydrogens is 221 g/mol. The highest BCUT2D eigenvalue weighted by molar-refractivity contribution is 5.07. The highest BCUT2D eigenvalue weighted by atomic mass is 19.4. The summed E-state index contributed by atoms with van der Waals surface area (Å²) in [4.78, 5) is 0. The van der Waals surface area contributed by atoms with Crippen molar-refractivity contribution in [3.05, 3.63) is 11.6 Å². The number of fused-ring (bicyclic) bond motifs is 1. The highest BCUT2D eigenvalue weighted by Crippen LogP contribution is 2.40. The number of nitrogens with zero attached hydrogens (tertiary/aromatic N) is 3. The summed E-state index contributed by atoms with van der Waals surface area (Å²) in [5, 5.41) is 10.3. The fraction of sp³-hybridized carbons (Fsp3) is 0.778. The van der Waals surface area contributed by atoms with E-state index >= 15 is 0 Å². The zero-order valence-electron chi connectivity index (χ0n) is 8.88. The van der Waals surface area contributed by atoms with Gasteiger partial charge in [0.1, 0.15) is 17.6 Å². The van der Waals surface area contributed by atoms with Crippen LogP contribution < -0.4 is 5.32 Å². The van der Waals surface area contributed by atoms with Crippen LogP contribution in [0.3, 0.4) is 0 Å². The number of alkyl halides is 3. The minimum atomic E-state index is -4.22. The predicted molar refractivity (Wildman–Crippen MR) is 50.8 cm³/mol. The number of hydrogen-bond acceptors (Lipinski definition) is 3. The van der Waals surface area contributed by atoms with Gasteiger partial charge in [-0.15, -0.1) is 10.2 Å². The second-order valence-corrected chi connectivity index (χ2v) is 3.89. The van der Waals surface area contributed by atoms with Crippen molar-refractivity contribution in [1.29, 1.82) is 0 Å². The number of halogens is 3. The van der Waals surface area contributed by atoms with Gasteiger partial charge in [-0.25, -0.2) is 0 Å². The first-order valence-corrected chi connectivity index (χ1v) is 5.17. The number of hydrogen-bond donors (Lipinski definition) is 1. The second kappa shape index (κ2) is 4.04. The van der Waals surface area contributed by atoms with Gasteiger partial charge in [0.05, 0.1) is 6.54 Å². The minimum absolute atomic E-state index is 0.0593. The van der Waals surface area contributed by atoms with Gasteiger partial charge in [-0.3, -0.25) is 0 Å². The Kier molecular flexibility index (Phi) is 2.88. The molecule has 2 rings (SSSR count). The standard InChI is InChI=1S/C9H13F3N4/c1-13-5-7-14-15-8-6(9(10,11)12)3-2-4-16(7)8/h6,13H,2-5H2,1H3/t6-/m1/s1. The molecule has 0 unspecified atom stereocenters. The van der Waals surface area contributed by atoms with E-state index in [9.17, 15) is 13.2 Å². The average Bonchev–Trinajstić information content (AvgIpc) is 2.61. The molecule has 16 heavy (non-hydrogen) atoms. The summed E-state index contributed by atoms with van der Waals surface area (Å²) >= 11 is 0. The molecule has 1 aromatic heterocycles. The first-order chi connectivity index (χ1) is 7.54. The van der Waals surface area contributed by atoms with Crippen LogP contribution in [0.2, 0.25) is 0 Å². The Morgan fingerprint density at radius 1 is 1.44 bits per heavy atom. The second-order valence-electron chi connectivity index (χ2n) is 3.89. The summed E-state index contributed by atoms with van der Waals surface area (Å²) < 4.78 is 39.7. The van der Waals surface area contributed by atoms with Gasteiger partial charge in [-0.2, -0.15) is 13.2 Å². The lowest BCUT2D eigenvalue weighted by Gasteiger charge is -2.25. The van der Waals surface area contributed by atoms with Crippen molar-refractivity contribution in [1.82, 2.24) is 20.1 Å². The Bertz CT molecular complexity index is 371. The molecule has 0 saturated carbocycles. The maximum absolute atomic E-state index is 12.7. The van der Waals surface area contributed by atoms with Crippen LogP contribution in [0.1, 0.15) is 30.4 Å². The van der Waals surface area contributed by atoms with E-state index in [1.54, 1.807) is 11.6 Å². The number of aromatic nitrogens is 3. The lowest BCUT2D eigenvalue weighted by molar-refractivity contribution is -0.156. The van der Waals surface area contributed by atoms with Crippen LogP contribution in [0.4, 0.5) is 13.2 Å². The van der Waals surface area contributed by atoms with E-state index in [0.717, 1.165) is 0 Å². The molecule has 0 spiro atoms. The molecule has 0 amide bonds. The van der Waals surface area contributed by atoms with Gasteiger partial charge in [-0.05, 0) is 19.9 Å². The van der Waals surface area contributed by atoms with Crippen molar-refractivity contribution in [2.45, 2.75) is 38.0 Å². The Labute approximate surface area is 90.9 Å². The summed E-state index contributed by atoms with van der Waals surface area (Å²) in [6, 6.07) is 0. The van der Waals surface area contributed by atoms with E-state index in [2.05, 4.69) is 15.5 Å². The van der Waals surface area contributed by atoms with E-state index < -0.39 is 12.1 Å². The molecule has 7 heteroatoms. The lowest BCUT2D eigenvalue weighted by Crippen LogP contribution is -2.29. The monoisotopic (exact) mass is 234 g/mol. The number of rotatable bonds is 2. The SMILES string of the molecule is CNCc1nnc2n1CCC[C@H]2C(F)(F)F. The van der Waals surface area contributed by atoms with Crippen LogP contribution in [-0.2, 0) is 13.1 Å². The smallest absolute Gasteiger partial charge is 0.313 e. The Hall–Kier alpha value is -1.11.